The number of hydrogen-bond acceptors (Lipinski definition) is 5. The average molecular weight is 320 g/mol. The maximum atomic E-state index is 12.2. The van der Waals surface area contributed by atoms with Gasteiger partial charge >= 0.3 is 0 Å². The van der Waals surface area contributed by atoms with Crippen molar-refractivity contribution in [2.75, 3.05) is 24.4 Å². The number of carbonyl (C=O) groups excluding carboxylic acids is 1. The van der Waals surface area contributed by atoms with Gasteiger partial charge in [0.1, 0.15) is 5.75 Å². The number of carbonyl (C=O) groups is 1. The second-order valence-corrected chi connectivity index (χ2v) is 6.73. The lowest BCUT2D eigenvalue weighted by molar-refractivity contribution is 0.102. The highest BCUT2D eigenvalue weighted by Crippen LogP contribution is 2.27. The van der Waals surface area contributed by atoms with Crippen molar-refractivity contribution in [3.8, 4) is 5.75 Å². The Labute approximate surface area is 128 Å². The summed E-state index contributed by atoms with van der Waals surface area (Å²) in [6, 6.07) is 10.6. The van der Waals surface area contributed by atoms with E-state index in [0.717, 1.165) is 6.26 Å². The molecular formula is C15H16N2O4S. The van der Waals surface area contributed by atoms with Crippen LogP contribution in [0.5, 0.6) is 5.75 Å². The number of methoxy groups -OCH3 is 1. The minimum absolute atomic E-state index is 0.158. The van der Waals surface area contributed by atoms with Gasteiger partial charge in [-0.25, -0.2) is 8.42 Å². The number of benzene rings is 2. The summed E-state index contributed by atoms with van der Waals surface area (Å²) in [5.41, 5.74) is 6.95. The van der Waals surface area contributed by atoms with E-state index in [0.29, 0.717) is 22.7 Å². The zero-order chi connectivity index (χ0) is 16.3. The lowest BCUT2D eigenvalue weighted by Gasteiger charge is -2.11. The summed E-state index contributed by atoms with van der Waals surface area (Å²) in [7, 11) is -1.80. The molecule has 116 valence electrons. The highest BCUT2D eigenvalue weighted by molar-refractivity contribution is 7.90. The number of rotatable bonds is 4. The van der Waals surface area contributed by atoms with Gasteiger partial charge in [0.15, 0.2) is 9.84 Å². The van der Waals surface area contributed by atoms with E-state index in [1.807, 2.05) is 0 Å². The van der Waals surface area contributed by atoms with E-state index in [1.165, 1.54) is 31.4 Å². The van der Waals surface area contributed by atoms with Gasteiger partial charge in [-0.15, -0.1) is 0 Å². The molecule has 1 amide bonds. The van der Waals surface area contributed by atoms with Crippen LogP contribution >= 0.6 is 0 Å². The van der Waals surface area contributed by atoms with Gasteiger partial charge < -0.3 is 15.8 Å². The molecule has 0 heterocycles. The summed E-state index contributed by atoms with van der Waals surface area (Å²) >= 11 is 0. The zero-order valence-electron chi connectivity index (χ0n) is 12.2. The standard InChI is InChI=1S/C15H16N2O4S/c1-21-14-8-5-11(16)9-13(14)17-15(18)10-3-6-12(7-4-10)22(2,19)20/h3-9H,16H2,1-2H3,(H,17,18). The van der Waals surface area contributed by atoms with Crippen molar-refractivity contribution >= 4 is 27.1 Å². The van der Waals surface area contributed by atoms with Gasteiger partial charge in [0.2, 0.25) is 0 Å². The normalized spacial score (nSPS) is 11.0. The molecule has 3 N–H and O–H groups in total. The second-order valence-electron chi connectivity index (χ2n) is 4.71. The van der Waals surface area contributed by atoms with Crippen LogP contribution in [0.3, 0.4) is 0 Å². The molecule has 7 heteroatoms. The third-order valence-corrected chi connectivity index (χ3v) is 4.14. The van der Waals surface area contributed by atoms with Gasteiger partial charge in [0.05, 0.1) is 17.7 Å². The lowest BCUT2D eigenvalue weighted by Crippen LogP contribution is -2.13. The molecule has 2 aromatic rings. The third-order valence-electron chi connectivity index (χ3n) is 3.02. The van der Waals surface area contributed by atoms with E-state index >= 15 is 0 Å². The second kappa shape index (κ2) is 6.07. The Hall–Kier alpha value is -2.54. The third kappa shape index (κ3) is 3.56. The minimum Gasteiger partial charge on any atom is -0.495 e. The topological polar surface area (TPSA) is 98.5 Å². The first-order valence-electron chi connectivity index (χ1n) is 6.36. The molecule has 0 atom stereocenters. The molecule has 0 unspecified atom stereocenters. The average Bonchev–Trinajstić information content (AvgIpc) is 2.46. The Bertz CT molecular complexity index is 799. The quantitative estimate of drug-likeness (QED) is 0.839. The molecule has 0 aliphatic carbocycles. The maximum Gasteiger partial charge on any atom is 0.255 e. The fourth-order valence-corrected chi connectivity index (χ4v) is 2.50. The van der Waals surface area contributed by atoms with Crippen molar-refractivity contribution in [3.63, 3.8) is 0 Å². The van der Waals surface area contributed by atoms with Crippen LogP contribution in [0.4, 0.5) is 11.4 Å². The highest BCUT2D eigenvalue weighted by Gasteiger charge is 2.12. The number of anilines is 2. The molecule has 0 radical (unpaired) electrons. The summed E-state index contributed by atoms with van der Waals surface area (Å²) in [6.45, 7) is 0. The van der Waals surface area contributed by atoms with Crippen molar-refractivity contribution in [2.24, 2.45) is 0 Å². The zero-order valence-corrected chi connectivity index (χ0v) is 13.0. The van der Waals surface area contributed by atoms with Gasteiger partial charge in [-0.3, -0.25) is 4.79 Å². The van der Waals surface area contributed by atoms with E-state index in [1.54, 1.807) is 18.2 Å². The van der Waals surface area contributed by atoms with Gasteiger partial charge in [-0.05, 0) is 42.5 Å². The number of nitrogens with two attached hydrogens (primary N) is 1. The van der Waals surface area contributed by atoms with E-state index in [2.05, 4.69) is 5.32 Å². The monoisotopic (exact) mass is 320 g/mol. The first kappa shape index (κ1) is 15.8. The van der Waals surface area contributed by atoms with Crippen LogP contribution in [0.1, 0.15) is 10.4 Å². The Morgan fingerprint density at radius 1 is 1.14 bits per heavy atom. The van der Waals surface area contributed by atoms with E-state index < -0.39 is 9.84 Å². The van der Waals surface area contributed by atoms with Crippen molar-refractivity contribution in [1.82, 2.24) is 0 Å². The molecule has 0 saturated carbocycles. The largest absolute Gasteiger partial charge is 0.495 e. The van der Waals surface area contributed by atoms with Crippen molar-refractivity contribution < 1.29 is 17.9 Å². The fraction of sp³-hybridized carbons (Fsp3) is 0.133. The van der Waals surface area contributed by atoms with Crippen molar-refractivity contribution in [3.05, 3.63) is 48.0 Å². The Morgan fingerprint density at radius 2 is 1.77 bits per heavy atom. The van der Waals surface area contributed by atoms with Crippen LogP contribution in [-0.2, 0) is 9.84 Å². The molecule has 2 rings (SSSR count). The summed E-state index contributed by atoms with van der Waals surface area (Å²) in [5, 5.41) is 2.68. The van der Waals surface area contributed by atoms with Crippen LogP contribution in [0.2, 0.25) is 0 Å². The smallest absolute Gasteiger partial charge is 0.255 e. The van der Waals surface area contributed by atoms with Gasteiger partial charge in [0, 0.05) is 17.5 Å². The molecule has 0 saturated heterocycles. The fourth-order valence-electron chi connectivity index (χ4n) is 1.87. The lowest BCUT2D eigenvalue weighted by atomic mass is 10.2. The number of hydrogen-bond donors (Lipinski definition) is 2. The summed E-state index contributed by atoms with van der Waals surface area (Å²) in [4.78, 5) is 12.4. The molecule has 0 aliphatic rings. The number of nitrogen functional groups attached to an aromatic ring is 1. The first-order valence-corrected chi connectivity index (χ1v) is 8.25. The van der Waals surface area contributed by atoms with Crippen molar-refractivity contribution in [2.45, 2.75) is 4.90 Å². The maximum absolute atomic E-state index is 12.2. The molecule has 22 heavy (non-hydrogen) atoms. The molecule has 6 nitrogen and oxygen atoms in total. The van der Waals surface area contributed by atoms with Gasteiger partial charge in [-0.1, -0.05) is 0 Å². The van der Waals surface area contributed by atoms with Crippen LogP contribution < -0.4 is 15.8 Å². The number of sulfone groups is 1. The minimum atomic E-state index is -3.29. The summed E-state index contributed by atoms with van der Waals surface area (Å²) < 4.78 is 27.9. The Balaban J connectivity index is 2.24. The Morgan fingerprint density at radius 3 is 2.32 bits per heavy atom. The molecule has 0 fully saturated rings. The Kier molecular flexibility index (Phi) is 4.37. The van der Waals surface area contributed by atoms with Crippen LogP contribution in [0.25, 0.3) is 0 Å². The molecule has 2 aromatic carbocycles. The molecular weight excluding hydrogens is 304 g/mol. The van der Waals surface area contributed by atoms with E-state index in [9.17, 15) is 13.2 Å². The SMILES string of the molecule is COc1ccc(N)cc1NC(=O)c1ccc(S(C)(=O)=O)cc1. The summed E-state index contributed by atoms with van der Waals surface area (Å²) in [5.74, 6) is 0.0965. The predicted molar refractivity (Wildman–Crippen MR) is 84.9 cm³/mol. The highest BCUT2D eigenvalue weighted by atomic mass is 32.2. The predicted octanol–water partition coefficient (Wildman–Crippen LogP) is 1.93. The van der Waals surface area contributed by atoms with E-state index in [4.69, 9.17) is 10.5 Å². The molecule has 0 spiro atoms. The molecule has 0 aliphatic heterocycles. The van der Waals surface area contributed by atoms with Gasteiger partial charge in [0.25, 0.3) is 5.91 Å². The first-order chi connectivity index (χ1) is 10.3. The molecule has 0 aromatic heterocycles. The van der Waals surface area contributed by atoms with E-state index in [-0.39, 0.29) is 10.8 Å². The number of amides is 1. The van der Waals surface area contributed by atoms with Gasteiger partial charge in [-0.2, -0.15) is 0 Å². The van der Waals surface area contributed by atoms with Crippen LogP contribution in [0, 0.1) is 0 Å². The molecule has 0 bridgehead atoms. The number of ether oxygens (including phenoxy) is 1. The van der Waals surface area contributed by atoms with Crippen LogP contribution in [-0.4, -0.2) is 27.7 Å². The van der Waals surface area contributed by atoms with Crippen LogP contribution in [0.15, 0.2) is 47.4 Å². The van der Waals surface area contributed by atoms with Crippen molar-refractivity contribution in [1.29, 1.82) is 0 Å². The number of nitrogens with one attached hydrogen (secondary N) is 1. The summed E-state index contributed by atoms with van der Waals surface area (Å²) in [6.07, 6.45) is 1.11.